The summed E-state index contributed by atoms with van der Waals surface area (Å²) in [7, 11) is 0. The third kappa shape index (κ3) is 2.29. The predicted octanol–water partition coefficient (Wildman–Crippen LogP) is 3.00. The first-order chi connectivity index (χ1) is 6.66. The van der Waals surface area contributed by atoms with E-state index in [0.717, 1.165) is 9.75 Å². The second-order valence-electron chi connectivity index (χ2n) is 5.09. The molecule has 0 saturated carbocycles. The zero-order chi connectivity index (χ0) is 11.9. The fourth-order valence-corrected chi connectivity index (χ4v) is 2.12. The Morgan fingerprint density at radius 3 is 2.13 bits per heavy atom. The topological polar surface area (TPSA) is 43.1 Å². The Kier molecular flexibility index (Phi) is 3.08. The number of thiophene rings is 1. The lowest BCUT2D eigenvalue weighted by molar-refractivity contribution is 0.0740. The molecule has 0 atom stereocenters. The van der Waals surface area contributed by atoms with Crippen molar-refractivity contribution in [3.8, 4) is 0 Å². The minimum absolute atomic E-state index is 0.133. The molecule has 0 spiro atoms. The first-order valence-corrected chi connectivity index (χ1v) is 5.88. The van der Waals surface area contributed by atoms with E-state index < -0.39 is 11.0 Å². The number of nitrogens with two attached hydrogens (primary N) is 1. The Labute approximate surface area is 95.5 Å². The third-order valence-electron chi connectivity index (χ3n) is 3.14. The first kappa shape index (κ1) is 12.4. The highest BCUT2D eigenvalue weighted by atomic mass is 32.1. The fraction of sp³-hybridized carbons (Fsp3) is 0.583. The molecular formula is C12H19NOS. The SMILES string of the molecule is Cc1ccc(C(=O)C(C)(C)C(C)(C)N)s1. The van der Waals surface area contributed by atoms with Gasteiger partial charge in [-0.3, -0.25) is 4.79 Å². The maximum atomic E-state index is 12.3. The van der Waals surface area contributed by atoms with Gasteiger partial charge in [-0.25, -0.2) is 0 Å². The molecule has 2 nitrogen and oxygen atoms in total. The second-order valence-corrected chi connectivity index (χ2v) is 6.37. The van der Waals surface area contributed by atoms with Crippen LogP contribution in [0.3, 0.4) is 0 Å². The standard InChI is InChI=1S/C12H19NOS/c1-8-6-7-9(15-8)10(14)11(2,3)12(4,5)13/h6-7H,13H2,1-5H3. The van der Waals surface area contributed by atoms with E-state index in [0.29, 0.717) is 0 Å². The van der Waals surface area contributed by atoms with Crippen molar-refractivity contribution in [3.63, 3.8) is 0 Å². The minimum atomic E-state index is -0.537. The van der Waals surface area contributed by atoms with Gasteiger partial charge in [-0.05, 0) is 32.9 Å². The highest BCUT2D eigenvalue weighted by Crippen LogP contribution is 2.34. The van der Waals surface area contributed by atoms with Gasteiger partial charge in [0.05, 0.1) is 4.88 Å². The molecule has 15 heavy (non-hydrogen) atoms. The van der Waals surface area contributed by atoms with Gasteiger partial charge in [-0.15, -0.1) is 11.3 Å². The number of carbonyl (C=O) groups is 1. The zero-order valence-corrected chi connectivity index (χ0v) is 10.9. The summed E-state index contributed by atoms with van der Waals surface area (Å²) in [5.41, 5.74) is 4.99. The monoisotopic (exact) mass is 225 g/mol. The largest absolute Gasteiger partial charge is 0.325 e. The molecule has 1 heterocycles. The molecule has 0 fully saturated rings. The van der Waals surface area contributed by atoms with Crippen LogP contribution >= 0.6 is 11.3 Å². The number of Topliss-reactive ketones (excluding diaryl/α,β-unsaturated/α-hetero) is 1. The Hall–Kier alpha value is -0.670. The van der Waals surface area contributed by atoms with Crippen LogP contribution in [0.5, 0.6) is 0 Å². The first-order valence-electron chi connectivity index (χ1n) is 5.06. The van der Waals surface area contributed by atoms with Crippen LogP contribution in [0.2, 0.25) is 0 Å². The summed E-state index contributed by atoms with van der Waals surface area (Å²) in [4.78, 5) is 14.2. The van der Waals surface area contributed by atoms with E-state index in [1.165, 1.54) is 11.3 Å². The van der Waals surface area contributed by atoms with Gasteiger partial charge in [0.1, 0.15) is 0 Å². The molecule has 1 aromatic rings. The van der Waals surface area contributed by atoms with Gasteiger partial charge < -0.3 is 5.73 Å². The molecule has 0 unspecified atom stereocenters. The molecule has 3 heteroatoms. The van der Waals surface area contributed by atoms with Crippen molar-refractivity contribution in [1.29, 1.82) is 0 Å². The number of rotatable bonds is 3. The van der Waals surface area contributed by atoms with Crippen molar-refractivity contribution in [2.75, 3.05) is 0 Å². The van der Waals surface area contributed by atoms with Gasteiger partial charge in [-0.2, -0.15) is 0 Å². The normalized spacial score (nSPS) is 12.9. The van der Waals surface area contributed by atoms with Crippen LogP contribution in [0.4, 0.5) is 0 Å². The number of aryl methyl sites for hydroxylation is 1. The Balaban J connectivity index is 3.05. The maximum absolute atomic E-state index is 12.3. The van der Waals surface area contributed by atoms with Crippen LogP contribution in [-0.4, -0.2) is 11.3 Å². The average Bonchev–Trinajstić information content (AvgIpc) is 2.48. The van der Waals surface area contributed by atoms with Gasteiger partial charge in [0, 0.05) is 15.8 Å². The van der Waals surface area contributed by atoms with E-state index in [9.17, 15) is 4.79 Å². The molecule has 1 aromatic heterocycles. The second kappa shape index (κ2) is 3.72. The lowest BCUT2D eigenvalue weighted by atomic mass is 9.72. The maximum Gasteiger partial charge on any atom is 0.180 e. The number of hydrogen-bond donors (Lipinski definition) is 1. The summed E-state index contributed by atoms with van der Waals surface area (Å²) >= 11 is 1.53. The van der Waals surface area contributed by atoms with Crippen LogP contribution < -0.4 is 5.73 Å². The molecule has 0 amide bonds. The quantitative estimate of drug-likeness (QED) is 0.804. The molecule has 0 aliphatic rings. The summed E-state index contributed by atoms with van der Waals surface area (Å²) < 4.78 is 0. The molecular weight excluding hydrogens is 206 g/mol. The predicted molar refractivity (Wildman–Crippen MR) is 65.4 cm³/mol. The lowest BCUT2D eigenvalue weighted by Crippen LogP contribution is -2.51. The highest BCUT2D eigenvalue weighted by molar-refractivity contribution is 7.14. The van der Waals surface area contributed by atoms with Crippen molar-refractivity contribution >= 4 is 17.1 Å². The molecule has 84 valence electrons. The van der Waals surface area contributed by atoms with Gasteiger partial charge in [0.2, 0.25) is 0 Å². The van der Waals surface area contributed by atoms with Gasteiger partial charge in [-0.1, -0.05) is 13.8 Å². The summed E-state index contributed by atoms with van der Waals surface area (Å²) in [5.74, 6) is 0.133. The van der Waals surface area contributed by atoms with Gasteiger partial charge in [0.25, 0.3) is 0 Å². The van der Waals surface area contributed by atoms with Gasteiger partial charge in [0.15, 0.2) is 5.78 Å². The average molecular weight is 225 g/mol. The highest BCUT2D eigenvalue weighted by Gasteiger charge is 2.41. The van der Waals surface area contributed by atoms with E-state index in [1.807, 2.05) is 46.8 Å². The van der Waals surface area contributed by atoms with E-state index >= 15 is 0 Å². The molecule has 0 aromatic carbocycles. The van der Waals surface area contributed by atoms with Crippen LogP contribution in [-0.2, 0) is 0 Å². The Morgan fingerprint density at radius 2 is 1.80 bits per heavy atom. The van der Waals surface area contributed by atoms with Crippen molar-refractivity contribution in [2.24, 2.45) is 11.1 Å². The van der Waals surface area contributed by atoms with E-state index in [-0.39, 0.29) is 5.78 Å². The van der Waals surface area contributed by atoms with Gasteiger partial charge >= 0.3 is 0 Å². The minimum Gasteiger partial charge on any atom is -0.325 e. The number of ketones is 1. The zero-order valence-electron chi connectivity index (χ0n) is 10.0. The van der Waals surface area contributed by atoms with Crippen LogP contribution in [0, 0.1) is 12.3 Å². The third-order valence-corrected chi connectivity index (χ3v) is 4.14. The summed E-state index contributed by atoms with van der Waals surface area (Å²) in [6.45, 7) is 9.60. The molecule has 2 N–H and O–H groups in total. The summed E-state index contributed by atoms with van der Waals surface area (Å²) in [6.07, 6.45) is 0. The lowest BCUT2D eigenvalue weighted by Gasteiger charge is -2.36. The molecule has 1 rings (SSSR count). The van der Waals surface area contributed by atoms with Crippen molar-refractivity contribution in [2.45, 2.75) is 40.2 Å². The van der Waals surface area contributed by atoms with Crippen molar-refractivity contribution in [3.05, 3.63) is 21.9 Å². The number of hydrogen-bond acceptors (Lipinski definition) is 3. The molecule has 0 saturated heterocycles. The Bertz CT molecular complexity index is 371. The van der Waals surface area contributed by atoms with E-state index in [2.05, 4.69) is 0 Å². The fourth-order valence-electron chi connectivity index (χ4n) is 1.16. The van der Waals surface area contributed by atoms with Crippen LogP contribution in [0.1, 0.15) is 42.2 Å². The summed E-state index contributed by atoms with van der Waals surface area (Å²) in [5, 5.41) is 0. The van der Waals surface area contributed by atoms with Crippen molar-refractivity contribution < 1.29 is 4.79 Å². The smallest absolute Gasteiger partial charge is 0.180 e. The van der Waals surface area contributed by atoms with Crippen LogP contribution in [0.15, 0.2) is 12.1 Å². The molecule has 0 aliphatic heterocycles. The molecule has 0 radical (unpaired) electrons. The summed E-state index contributed by atoms with van der Waals surface area (Å²) in [6, 6.07) is 3.85. The van der Waals surface area contributed by atoms with E-state index in [4.69, 9.17) is 5.73 Å². The van der Waals surface area contributed by atoms with Crippen molar-refractivity contribution in [1.82, 2.24) is 0 Å². The van der Waals surface area contributed by atoms with E-state index in [1.54, 1.807) is 0 Å². The number of carbonyl (C=O) groups excluding carboxylic acids is 1. The molecule has 0 aliphatic carbocycles. The Morgan fingerprint density at radius 1 is 1.27 bits per heavy atom. The van der Waals surface area contributed by atoms with Crippen LogP contribution in [0.25, 0.3) is 0 Å². The molecule has 0 bridgehead atoms.